The predicted octanol–water partition coefficient (Wildman–Crippen LogP) is 4.84. The van der Waals surface area contributed by atoms with E-state index in [9.17, 15) is 18.0 Å². The van der Waals surface area contributed by atoms with Gasteiger partial charge >= 0.3 is 6.18 Å². The average molecular weight is 373 g/mol. The zero-order valence-electron chi connectivity index (χ0n) is 14.6. The Morgan fingerprint density at radius 2 is 1.81 bits per heavy atom. The molecule has 1 N–H and O–H groups in total. The number of fused-ring (bicyclic) bond motifs is 1. The molecule has 3 aromatic carbocycles. The molecule has 0 fully saturated rings. The summed E-state index contributed by atoms with van der Waals surface area (Å²) in [5.74, 6) is 0.210. The van der Waals surface area contributed by atoms with Crippen LogP contribution in [0.3, 0.4) is 0 Å². The molecule has 0 heterocycles. The molecule has 0 aliphatic heterocycles. The lowest BCUT2D eigenvalue weighted by atomic mass is 10.0. The van der Waals surface area contributed by atoms with E-state index in [1.807, 2.05) is 36.4 Å². The molecule has 27 heavy (non-hydrogen) atoms. The van der Waals surface area contributed by atoms with Gasteiger partial charge in [0.25, 0.3) is 5.91 Å². The van der Waals surface area contributed by atoms with E-state index in [-0.39, 0.29) is 5.56 Å². The second kappa shape index (κ2) is 7.70. The fraction of sp³-hybridized carbons (Fsp3) is 0.190. The van der Waals surface area contributed by atoms with E-state index in [2.05, 4.69) is 5.32 Å². The average Bonchev–Trinajstić information content (AvgIpc) is 2.67. The second-order valence-electron chi connectivity index (χ2n) is 6.09. The number of ether oxygens (including phenoxy) is 1. The maximum atomic E-state index is 12.8. The summed E-state index contributed by atoms with van der Waals surface area (Å²) < 4.78 is 43.6. The van der Waals surface area contributed by atoms with Gasteiger partial charge in [-0.05, 0) is 53.1 Å². The Labute approximate surface area is 154 Å². The zero-order chi connectivity index (χ0) is 19.4. The maximum absolute atomic E-state index is 12.8. The third-order valence-corrected chi connectivity index (χ3v) is 4.31. The van der Waals surface area contributed by atoms with Crippen LogP contribution in [0.1, 0.15) is 21.5 Å². The Morgan fingerprint density at radius 3 is 2.56 bits per heavy atom. The minimum atomic E-state index is -4.47. The maximum Gasteiger partial charge on any atom is 0.416 e. The van der Waals surface area contributed by atoms with Crippen LogP contribution in [-0.4, -0.2) is 19.6 Å². The summed E-state index contributed by atoms with van der Waals surface area (Å²) >= 11 is 0. The number of nitrogens with one attached hydrogen (secondary N) is 1. The van der Waals surface area contributed by atoms with Crippen molar-refractivity contribution in [2.75, 3.05) is 13.7 Å². The van der Waals surface area contributed by atoms with Gasteiger partial charge in [0.15, 0.2) is 0 Å². The van der Waals surface area contributed by atoms with Crippen LogP contribution in [-0.2, 0) is 12.6 Å². The molecule has 0 bridgehead atoms. The van der Waals surface area contributed by atoms with Crippen LogP contribution in [0.5, 0.6) is 5.75 Å². The second-order valence-corrected chi connectivity index (χ2v) is 6.09. The Bertz CT molecular complexity index is 967. The van der Waals surface area contributed by atoms with Crippen molar-refractivity contribution < 1.29 is 22.7 Å². The van der Waals surface area contributed by atoms with Gasteiger partial charge in [0.05, 0.1) is 12.7 Å². The van der Waals surface area contributed by atoms with Crippen molar-refractivity contribution in [1.82, 2.24) is 5.32 Å². The molecular weight excluding hydrogens is 355 g/mol. The number of carbonyl (C=O) groups is 1. The fourth-order valence-electron chi connectivity index (χ4n) is 2.91. The first-order valence-electron chi connectivity index (χ1n) is 8.39. The van der Waals surface area contributed by atoms with Gasteiger partial charge in [0.1, 0.15) is 5.75 Å². The molecule has 0 unspecified atom stereocenters. The van der Waals surface area contributed by atoms with Crippen LogP contribution in [0.25, 0.3) is 10.8 Å². The Balaban J connectivity index is 1.70. The topological polar surface area (TPSA) is 38.3 Å². The molecule has 0 aliphatic carbocycles. The largest absolute Gasteiger partial charge is 0.497 e. The summed E-state index contributed by atoms with van der Waals surface area (Å²) in [6.45, 7) is 0.311. The minimum absolute atomic E-state index is 0.00980. The van der Waals surface area contributed by atoms with Crippen LogP contribution >= 0.6 is 0 Å². The number of halogens is 3. The van der Waals surface area contributed by atoms with E-state index in [0.29, 0.717) is 13.0 Å². The van der Waals surface area contributed by atoms with Crippen molar-refractivity contribution in [3.05, 3.63) is 77.4 Å². The van der Waals surface area contributed by atoms with Crippen molar-refractivity contribution in [2.45, 2.75) is 12.6 Å². The first kappa shape index (κ1) is 18.8. The van der Waals surface area contributed by atoms with E-state index in [4.69, 9.17) is 4.74 Å². The van der Waals surface area contributed by atoms with E-state index < -0.39 is 17.6 Å². The van der Waals surface area contributed by atoms with E-state index in [0.717, 1.165) is 34.2 Å². The minimum Gasteiger partial charge on any atom is -0.497 e. The van der Waals surface area contributed by atoms with Gasteiger partial charge < -0.3 is 10.1 Å². The van der Waals surface area contributed by atoms with Crippen molar-refractivity contribution in [3.63, 3.8) is 0 Å². The molecule has 0 saturated carbocycles. The van der Waals surface area contributed by atoms with Crippen LogP contribution in [0.2, 0.25) is 0 Å². The summed E-state index contributed by atoms with van der Waals surface area (Å²) in [5.41, 5.74) is 0.177. The highest BCUT2D eigenvalue weighted by Crippen LogP contribution is 2.29. The lowest BCUT2D eigenvalue weighted by molar-refractivity contribution is -0.137. The lowest BCUT2D eigenvalue weighted by Gasteiger charge is -2.11. The molecular formula is C21H18F3NO2. The predicted molar refractivity (Wildman–Crippen MR) is 98.0 cm³/mol. The van der Waals surface area contributed by atoms with Gasteiger partial charge in [-0.1, -0.05) is 30.3 Å². The van der Waals surface area contributed by atoms with Crippen LogP contribution in [0.15, 0.2) is 60.7 Å². The van der Waals surface area contributed by atoms with Crippen molar-refractivity contribution in [1.29, 1.82) is 0 Å². The highest BCUT2D eigenvalue weighted by atomic mass is 19.4. The normalized spacial score (nSPS) is 11.4. The van der Waals surface area contributed by atoms with Crippen LogP contribution < -0.4 is 10.1 Å². The molecule has 0 radical (unpaired) electrons. The van der Waals surface area contributed by atoms with Gasteiger partial charge in [-0.25, -0.2) is 0 Å². The molecule has 3 nitrogen and oxygen atoms in total. The third-order valence-electron chi connectivity index (χ3n) is 4.31. The van der Waals surface area contributed by atoms with Gasteiger partial charge in [-0.15, -0.1) is 0 Å². The molecule has 0 aliphatic rings. The van der Waals surface area contributed by atoms with Gasteiger partial charge in [-0.2, -0.15) is 13.2 Å². The van der Waals surface area contributed by atoms with E-state index in [1.165, 1.54) is 12.1 Å². The highest BCUT2D eigenvalue weighted by Gasteiger charge is 2.30. The quantitative estimate of drug-likeness (QED) is 0.695. The zero-order valence-corrected chi connectivity index (χ0v) is 14.6. The highest BCUT2D eigenvalue weighted by molar-refractivity contribution is 5.94. The first-order chi connectivity index (χ1) is 12.9. The monoisotopic (exact) mass is 373 g/mol. The summed E-state index contributed by atoms with van der Waals surface area (Å²) in [6, 6.07) is 16.0. The molecule has 0 spiro atoms. The molecule has 140 valence electrons. The van der Waals surface area contributed by atoms with Crippen LogP contribution in [0.4, 0.5) is 13.2 Å². The van der Waals surface area contributed by atoms with Crippen molar-refractivity contribution >= 4 is 16.7 Å². The van der Waals surface area contributed by atoms with Gasteiger partial charge in [0.2, 0.25) is 0 Å². The van der Waals surface area contributed by atoms with E-state index in [1.54, 1.807) is 7.11 Å². The number of hydrogen-bond donors (Lipinski definition) is 1. The Kier molecular flexibility index (Phi) is 5.35. The van der Waals surface area contributed by atoms with E-state index >= 15 is 0 Å². The number of carbonyl (C=O) groups excluding carboxylic acids is 1. The summed E-state index contributed by atoms with van der Waals surface area (Å²) in [6.07, 6.45) is -3.92. The fourth-order valence-corrected chi connectivity index (χ4v) is 2.91. The molecule has 3 rings (SSSR count). The number of rotatable bonds is 5. The first-order valence-corrected chi connectivity index (χ1v) is 8.39. The number of hydrogen-bond acceptors (Lipinski definition) is 2. The molecule has 0 aromatic heterocycles. The molecule has 6 heteroatoms. The Morgan fingerprint density at radius 1 is 1.04 bits per heavy atom. The van der Waals surface area contributed by atoms with Gasteiger partial charge in [-0.3, -0.25) is 4.79 Å². The van der Waals surface area contributed by atoms with Crippen molar-refractivity contribution in [3.8, 4) is 5.75 Å². The van der Waals surface area contributed by atoms with Crippen molar-refractivity contribution in [2.24, 2.45) is 0 Å². The molecule has 0 saturated heterocycles. The summed E-state index contributed by atoms with van der Waals surface area (Å²) in [5, 5.41) is 4.75. The molecule has 1 amide bonds. The lowest BCUT2D eigenvalue weighted by Crippen LogP contribution is -2.26. The Hall–Kier alpha value is -3.02. The SMILES string of the molecule is COc1ccc2cccc(CCNC(=O)c3cccc(C(F)(F)F)c3)c2c1. The number of alkyl halides is 3. The summed E-state index contributed by atoms with van der Waals surface area (Å²) in [7, 11) is 1.60. The smallest absolute Gasteiger partial charge is 0.416 e. The number of methoxy groups -OCH3 is 1. The summed E-state index contributed by atoms with van der Waals surface area (Å²) in [4.78, 5) is 12.2. The molecule has 0 atom stereocenters. The standard InChI is InChI=1S/C21H18F3NO2/c1-27-18-9-8-14-4-2-5-15(19(14)13-18)10-11-25-20(26)16-6-3-7-17(12-16)21(22,23)24/h2-9,12-13H,10-11H2,1H3,(H,25,26). The number of amides is 1. The number of benzene rings is 3. The third kappa shape index (κ3) is 4.39. The van der Waals surface area contributed by atoms with Crippen LogP contribution in [0, 0.1) is 0 Å². The van der Waals surface area contributed by atoms with Gasteiger partial charge in [0, 0.05) is 12.1 Å². The molecule has 3 aromatic rings.